The topological polar surface area (TPSA) is 54.9 Å². The van der Waals surface area contributed by atoms with E-state index in [0.717, 1.165) is 17.8 Å². The second-order valence-electron chi connectivity index (χ2n) is 4.84. The number of carbonyl (C=O) groups excluding carboxylic acids is 1. The molecule has 1 aliphatic rings. The van der Waals surface area contributed by atoms with E-state index >= 15 is 0 Å². The summed E-state index contributed by atoms with van der Waals surface area (Å²) in [7, 11) is 0. The quantitative estimate of drug-likeness (QED) is 0.932. The number of amides is 1. The summed E-state index contributed by atoms with van der Waals surface area (Å²) in [6, 6.07) is 3.60. The number of thiazole rings is 1. The number of carbonyl (C=O) groups is 1. The van der Waals surface area contributed by atoms with Gasteiger partial charge in [0, 0.05) is 23.5 Å². The first-order valence-electron chi connectivity index (χ1n) is 6.37. The molecule has 1 aliphatic carbocycles. The van der Waals surface area contributed by atoms with Gasteiger partial charge in [0.15, 0.2) is 0 Å². The molecule has 1 saturated carbocycles. The highest BCUT2D eigenvalue weighted by Gasteiger charge is 2.35. The lowest BCUT2D eigenvalue weighted by molar-refractivity contribution is 0.0931. The highest BCUT2D eigenvalue weighted by atomic mass is 32.1. The third-order valence-corrected chi connectivity index (χ3v) is 4.20. The molecule has 0 aliphatic heterocycles. The molecule has 3 rings (SSSR count). The van der Waals surface area contributed by atoms with E-state index in [-0.39, 0.29) is 11.9 Å². The number of nitrogens with zero attached hydrogens (tertiary/aromatic N) is 2. The van der Waals surface area contributed by atoms with E-state index in [0.29, 0.717) is 11.5 Å². The third kappa shape index (κ3) is 2.81. The molecule has 2 aromatic rings. The van der Waals surface area contributed by atoms with Crippen molar-refractivity contribution in [1.82, 2.24) is 15.3 Å². The number of rotatable bonds is 4. The summed E-state index contributed by atoms with van der Waals surface area (Å²) in [5, 5.41) is 4.11. The molecule has 0 radical (unpaired) electrons. The molecule has 1 fully saturated rings. The van der Waals surface area contributed by atoms with E-state index in [4.69, 9.17) is 0 Å². The van der Waals surface area contributed by atoms with Gasteiger partial charge >= 0.3 is 0 Å². The summed E-state index contributed by atoms with van der Waals surface area (Å²) in [5.41, 5.74) is 0.599. The molecular formula is C14H15N3OS. The molecule has 1 amide bonds. The van der Waals surface area contributed by atoms with Gasteiger partial charge in [0.1, 0.15) is 5.01 Å². The van der Waals surface area contributed by atoms with E-state index in [9.17, 15) is 4.79 Å². The Balaban J connectivity index is 1.77. The van der Waals surface area contributed by atoms with Crippen LogP contribution in [0.3, 0.4) is 0 Å². The highest BCUT2D eigenvalue weighted by Crippen LogP contribution is 2.42. The Morgan fingerprint density at radius 3 is 2.89 bits per heavy atom. The van der Waals surface area contributed by atoms with Crippen molar-refractivity contribution in [1.29, 1.82) is 0 Å². The molecule has 98 valence electrons. The van der Waals surface area contributed by atoms with Crippen LogP contribution in [0.5, 0.6) is 0 Å². The third-order valence-electron chi connectivity index (χ3n) is 3.21. The van der Waals surface area contributed by atoms with Gasteiger partial charge in [-0.3, -0.25) is 9.78 Å². The van der Waals surface area contributed by atoms with Gasteiger partial charge < -0.3 is 5.32 Å². The Bertz CT molecular complexity index is 577. The SMILES string of the molecule is Cc1cnc([C@@H](NC(=O)c2cccnc2)C2CC2)s1. The van der Waals surface area contributed by atoms with Crippen molar-refractivity contribution in [2.24, 2.45) is 5.92 Å². The van der Waals surface area contributed by atoms with Crippen molar-refractivity contribution in [3.05, 3.63) is 46.2 Å². The van der Waals surface area contributed by atoms with Gasteiger partial charge in [0.05, 0.1) is 11.6 Å². The van der Waals surface area contributed by atoms with Crippen molar-refractivity contribution in [3.63, 3.8) is 0 Å². The van der Waals surface area contributed by atoms with Crippen LogP contribution in [0.15, 0.2) is 30.7 Å². The number of hydrogen-bond acceptors (Lipinski definition) is 4. The first-order chi connectivity index (χ1) is 9.24. The van der Waals surface area contributed by atoms with Crippen LogP contribution >= 0.6 is 11.3 Å². The van der Waals surface area contributed by atoms with Gasteiger partial charge in [-0.25, -0.2) is 4.98 Å². The van der Waals surface area contributed by atoms with E-state index in [2.05, 4.69) is 15.3 Å². The Kier molecular flexibility index (Phi) is 3.29. The number of pyridine rings is 1. The minimum Gasteiger partial charge on any atom is -0.342 e. The van der Waals surface area contributed by atoms with Crippen LogP contribution < -0.4 is 5.32 Å². The first-order valence-corrected chi connectivity index (χ1v) is 7.19. The predicted octanol–water partition coefficient (Wildman–Crippen LogP) is 2.73. The lowest BCUT2D eigenvalue weighted by Crippen LogP contribution is -2.29. The second kappa shape index (κ2) is 5.09. The molecular weight excluding hydrogens is 258 g/mol. The molecule has 4 nitrogen and oxygen atoms in total. The maximum Gasteiger partial charge on any atom is 0.253 e. The van der Waals surface area contributed by atoms with Crippen molar-refractivity contribution in [2.75, 3.05) is 0 Å². The fourth-order valence-corrected chi connectivity index (χ4v) is 2.97. The van der Waals surface area contributed by atoms with Gasteiger partial charge in [-0.05, 0) is 37.8 Å². The lowest BCUT2D eigenvalue weighted by atomic mass is 10.1. The fraction of sp³-hybridized carbons (Fsp3) is 0.357. The Labute approximate surface area is 115 Å². The standard InChI is InChI=1S/C14H15N3OS/c1-9-7-16-14(19-9)12(10-4-5-10)17-13(18)11-3-2-6-15-8-11/h2-3,6-8,10,12H,4-5H2,1H3,(H,17,18)/t12-/m0/s1. The molecule has 1 N–H and O–H groups in total. The molecule has 0 saturated heterocycles. The van der Waals surface area contributed by atoms with Crippen molar-refractivity contribution < 1.29 is 4.79 Å². The largest absolute Gasteiger partial charge is 0.342 e. The minimum absolute atomic E-state index is 0.0476. The summed E-state index contributed by atoms with van der Waals surface area (Å²) in [6.45, 7) is 2.04. The Morgan fingerprint density at radius 2 is 2.32 bits per heavy atom. The number of aryl methyl sites for hydroxylation is 1. The Hall–Kier alpha value is -1.75. The zero-order chi connectivity index (χ0) is 13.2. The molecule has 19 heavy (non-hydrogen) atoms. The highest BCUT2D eigenvalue weighted by molar-refractivity contribution is 7.11. The lowest BCUT2D eigenvalue weighted by Gasteiger charge is -2.15. The summed E-state index contributed by atoms with van der Waals surface area (Å²) in [4.78, 5) is 21.8. The fourth-order valence-electron chi connectivity index (χ4n) is 2.05. The normalized spacial score (nSPS) is 16.1. The van der Waals surface area contributed by atoms with Crippen LogP contribution in [0.1, 0.15) is 39.1 Å². The monoisotopic (exact) mass is 273 g/mol. The average Bonchev–Trinajstić information content (AvgIpc) is 3.19. The molecule has 5 heteroatoms. The van der Waals surface area contributed by atoms with Crippen LogP contribution in [0.2, 0.25) is 0 Å². The van der Waals surface area contributed by atoms with Gasteiger partial charge in [-0.1, -0.05) is 0 Å². The molecule has 1 atom stereocenters. The van der Waals surface area contributed by atoms with Crippen molar-refractivity contribution >= 4 is 17.2 Å². The van der Waals surface area contributed by atoms with Gasteiger partial charge in [-0.15, -0.1) is 11.3 Å². The van der Waals surface area contributed by atoms with E-state index < -0.39 is 0 Å². The average molecular weight is 273 g/mol. The first kappa shape index (κ1) is 12.3. The van der Waals surface area contributed by atoms with Crippen LogP contribution in [0.25, 0.3) is 0 Å². The van der Waals surface area contributed by atoms with Gasteiger partial charge in [0.2, 0.25) is 0 Å². The maximum absolute atomic E-state index is 12.2. The summed E-state index contributed by atoms with van der Waals surface area (Å²) in [6.07, 6.45) is 7.45. The van der Waals surface area contributed by atoms with E-state index in [1.807, 2.05) is 13.1 Å². The van der Waals surface area contributed by atoms with Crippen LogP contribution in [0.4, 0.5) is 0 Å². The zero-order valence-electron chi connectivity index (χ0n) is 10.7. The molecule has 2 heterocycles. The number of hydrogen-bond donors (Lipinski definition) is 1. The van der Waals surface area contributed by atoms with Crippen LogP contribution in [0, 0.1) is 12.8 Å². The smallest absolute Gasteiger partial charge is 0.253 e. The molecule has 0 spiro atoms. The number of aromatic nitrogens is 2. The van der Waals surface area contributed by atoms with E-state index in [1.54, 1.807) is 35.9 Å². The molecule has 0 unspecified atom stereocenters. The molecule has 0 aromatic carbocycles. The van der Waals surface area contributed by atoms with Gasteiger partial charge in [-0.2, -0.15) is 0 Å². The van der Waals surface area contributed by atoms with Gasteiger partial charge in [0.25, 0.3) is 5.91 Å². The maximum atomic E-state index is 12.2. The summed E-state index contributed by atoms with van der Waals surface area (Å²) >= 11 is 1.66. The van der Waals surface area contributed by atoms with E-state index in [1.165, 1.54) is 4.88 Å². The minimum atomic E-state index is -0.0714. The van der Waals surface area contributed by atoms with Crippen molar-refractivity contribution in [2.45, 2.75) is 25.8 Å². The summed E-state index contributed by atoms with van der Waals surface area (Å²) in [5.74, 6) is 0.462. The molecule has 2 aromatic heterocycles. The second-order valence-corrected chi connectivity index (χ2v) is 6.11. The van der Waals surface area contributed by atoms with Crippen LogP contribution in [-0.2, 0) is 0 Å². The van der Waals surface area contributed by atoms with Crippen LogP contribution in [-0.4, -0.2) is 15.9 Å². The predicted molar refractivity (Wildman–Crippen MR) is 74.0 cm³/mol. The Morgan fingerprint density at radius 1 is 1.47 bits per heavy atom. The summed E-state index contributed by atoms with van der Waals surface area (Å²) < 4.78 is 0. The van der Waals surface area contributed by atoms with Crippen molar-refractivity contribution in [3.8, 4) is 0 Å². The molecule has 0 bridgehead atoms. The zero-order valence-corrected chi connectivity index (χ0v) is 11.5. The number of nitrogens with one attached hydrogen (secondary N) is 1.